The summed E-state index contributed by atoms with van der Waals surface area (Å²) in [6.45, 7) is 11.1. The molecule has 4 nitrogen and oxygen atoms in total. The maximum absolute atomic E-state index is 6.01. The van der Waals surface area contributed by atoms with Crippen LogP contribution in [0.4, 0.5) is 0 Å². The van der Waals surface area contributed by atoms with Gasteiger partial charge in [-0.1, -0.05) is 72.6 Å². The molecule has 0 aromatic heterocycles. The van der Waals surface area contributed by atoms with Gasteiger partial charge in [-0.15, -0.1) is 0 Å². The molecule has 0 atom stereocenters. The van der Waals surface area contributed by atoms with Gasteiger partial charge in [0.2, 0.25) is 0 Å². The molecular formula is C22H44O4. The zero-order valence-electron chi connectivity index (χ0n) is 17.9. The van der Waals surface area contributed by atoms with Crippen molar-refractivity contribution in [3.63, 3.8) is 0 Å². The maximum Gasteiger partial charge on any atom is 0.321 e. The lowest BCUT2D eigenvalue weighted by atomic mass is 10.2. The van der Waals surface area contributed by atoms with E-state index in [0.29, 0.717) is 12.6 Å². The molecule has 0 unspecified atom stereocenters. The number of unbranched alkanes of at least 4 members (excludes halogenated alkanes) is 7. The lowest BCUT2D eigenvalue weighted by Crippen LogP contribution is -2.10. The summed E-state index contributed by atoms with van der Waals surface area (Å²) >= 11 is 0. The zero-order chi connectivity index (χ0) is 19.3. The van der Waals surface area contributed by atoms with Crippen molar-refractivity contribution in [2.24, 2.45) is 0 Å². The second-order valence-corrected chi connectivity index (χ2v) is 6.80. The van der Waals surface area contributed by atoms with Crippen LogP contribution in [0.5, 0.6) is 0 Å². The molecule has 0 spiro atoms. The van der Waals surface area contributed by atoms with Crippen LogP contribution in [0.1, 0.15) is 105 Å². The number of hydrogen-bond acceptors (Lipinski definition) is 4. The summed E-state index contributed by atoms with van der Waals surface area (Å²) in [5.41, 5.74) is 0. The second-order valence-electron chi connectivity index (χ2n) is 6.80. The van der Waals surface area contributed by atoms with Gasteiger partial charge in [0.25, 0.3) is 0 Å². The summed E-state index contributed by atoms with van der Waals surface area (Å²) in [6, 6.07) is 0. The number of allylic oxidation sites excluding steroid dienone is 1. The first-order valence-electron chi connectivity index (χ1n) is 11.0. The van der Waals surface area contributed by atoms with Crippen LogP contribution in [0, 0.1) is 0 Å². The molecule has 0 aliphatic rings. The van der Waals surface area contributed by atoms with E-state index >= 15 is 0 Å². The van der Waals surface area contributed by atoms with Crippen LogP contribution in [0.2, 0.25) is 0 Å². The summed E-state index contributed by atoms with van der Waals surface area (Å²) in [7, 11) is 0. The molecule has 26 heavy (non-hydrogen) atoms. The van der Waals surface area contributed by atoms with E-state index in [1.54, 1.807) is 0 Å². The average Bonchev–Trinajstić information content (AvgIpc) is 2.65. The predicted molar refractivity (Wildman–Crippen MR) is 109 cm³/mol. The minimum atomic E-state index is 0.238. The van der Waals surface area contributed by atoms with Crippen molar-refractivity contribution in [3.05, 3.63) is 11.7 Å². The fourth-order valence-electron chi connectivity index (χ4n) is 2.41. The van der Waals surface area contributed by atoms with Gasteiger partial charge in [0, 0.05) is 6.42 Å². The van der Waals surface area contributed by atoms with E-state index in [4.69, 9.17) is 18.9 Å². The minimum absolute atomic E-state index is 0.238. The quantitative estimate of drug-likeness (QED) is 0.132. The van der Waals surface area contributed by atoms with E-state index in [9.17, 15) is 0 Å². The van der Waals surface area contributed by atoms with Crippen molar-refractivity contribution in [1.29, 1.82) is 0 Å². The maximum atomic E-state index is 6.01. The van der Waals surface area contributed by atoms with E-state index < -0.39 is 0 Å². The van der Waals surface area contributed by atoms with Crippen LogP contribution in [0.3, 0.4) is 0 Å². The summed E-state index contributed by atoms with van der Waals surface area (Å²) in [4.78, 5) is 0. The molecule has 4 heteroatoms. The molecule has 0 N–H and O–H groups in total. The molecule has 0 aromatic rings. The van der Waals surface area contributed by atoms with Gasteiger partial charge < -0.3 is 18.9 Å². The Hall–Kier alpha value is -0.900. The Kier molecular flexibility index (Phi) is 19.7. The Labute approximate surface area is 162 Å². The van der Waals surface area contributed by atoms with E-state index in [2.05, 4.69) is 27.7 Å². The van der Waals surface area contributed by atoms with Gasteiger partial charge in [-0.05, 0) is 25.7 Å². The predicted octanol–water partition coefficient (Wildman–Crippen LogP) is 6.94. The van der Waals surface area contributed by atoms with Crippen molar-refractivity contribution in [3.8, 4) is 0 Å². The molecule has 156 valence electrons. The molecule has 0 aromatic carbocycles. The van der Waals surface area contributed by atoms with Gasteiger partial charge >= 0.3 is 5.95 Å². The SMILES string of the molecule is CCCCCCOCO/C(OCCCC)=C(/CCCCC)OCCCC. The smallest absolute Gasteiger partial charge is 0.321 e. The first-order chi connectivity index (χ1) is 12.8. The van der Waals surface area contributed by atoms with Gasteiger partial charge in [0.1, 0.15) is 0 Å². The normalized spacial score (nSPS) is 12.0. The van der Waals surface area contributed by atoms with E-state index in [1.165, 1.54) is 32.1 Å². The lowest BCUT2D eigenvalue weighted by molar-refractivity contribution is -0.0844. The van der Waals surface area contributed by atoms with Crippen LogP contribution in [-0.2, 0) is 18.9 Å². The third-order valence-electron chi connectivity index (χ3n) is 4.16. The zero-order valence-corrected chi connectivity index (χ0v) is 17.9. The van der Waals surface area contributed by atoms with Crippen LogP contribution >= 0.6 is 0 Å². The average molecular weight is 373 g/mol. The topological polar surface area (TPSA) is 36.9 Å². The summed E-state index contributed by atoms with van der Waals surface area (Å²) in [5, 5.41) is 0. The van der Waals surface area contributed by atoms with Crippen molar-refractivity contribution in [1.82, 2.24) is 0 Å². The Morgan fingerprint density at radius 3 is 1.81 bits per heavy atom. The molecule has 0 amide bonds. The summed E-state index contributed by atoms with van der Waals surface area (Å²) < 4.78 is 23.4. The highest BCUT2D eigenvalue weighted by molar-refractivity contribution is 4.95. The van der Waals surface area contributed by atoms with Crippen LogP contribution in [0.15, 0.2) is 11.7 Å². The van der Waals surface area contributed by atoms with Gasteiger partial charge in [-0.3, -0.25) is 0 Å². The highest BCUT2D eigenvalue weighted by Gasteiger charge is 2.13. The third kappa shape index (κ3) is 15.4. The Morgan fingerprint density at radius 2 is 1.15 bits per heavy atom. The van der Waals surface area contributed by atoms with Gasteiger partial charge in [0.05, 0.1) is 19.8 Å². The van der Waals surface area contributed by atoms with Gasteiger partial charge in [-0.25, -0.2) is 0 Å². The summed E-state index contributed by atoms with van der Waals surface area (Å²) in [6.07, 6.45) is 13.4. The Bertz CT molecular complexity index is 303. The van der Waals surface area contributed by atoms with Crippen molar-refractivity contribution in [2.75, 3.05) is 26.6 Å². The van der Waals surface area contributed by atoms with E-state index in [-0.39, 0.29) is 6.79 Å². The molecule has 0 rings (SSSR count). The molecule has 0 heterocycles. The van der Waals surface area contributed by atoms with Crippen LogP contribution < -0.4 is 0 Å². The molecule has 0 saturated heterocycles. The van der Waals surface area contributed by atoms with Crippen LogP contribution in [0.25, 0.3) is 0 Å². The molecule has 0 radical (unpaired) electrons. The van der Waals surface area contributed by atoms with E-state index in [0.717, 1.165) is 63.9 Å². The first kappa shape index (κ1) is 25.1. The second kappa shape index (κ2) is 20.4. The van der Waals surface area contributed by atoms with Crippen molar-refractivity contribution in [2.45, 2.75) is 105 Å². The number of hydrogen-bond donors (Lipinski definition) is 0. The minimum Gasteiger partial charge on any atom is -0.491 e. The monoisotopic (exact) mass is 372 g/mol. The van der Waals surface area contributed by atoms with Gasteiger partial charge in [-0.2, -0.15) is 0 Å². The largest absolute Gasteiger partial charge is 0.491 e. The molecular weight excluding hydrogens is 328 g/mol. The first-order valence-corrected chi connectivity index (χ1v) is 11.0. The number of rotatable bonds is 20. The van der Waals surface area contributed by atoms with Crippen molar-refractivity contribution < 1.29 is 18.9 Å². The molecule has 0 fully saturated rings. The van der Waals surface area contributed by atoms with Crippen LogP contribution in [-0.4, -0.2) is 26.6 Å². The summed E-state index contributed by atoms with van der Waals surface area (Å²) in [5.74, 6) is 1.40. The Balaban J connectivity index is 4.57. The van der Waals surface area contributed by atoms with Crippen molar-refractivity contribution >= 4 is 0 Å². The standard InChI is InChI=1S/C22H44O4/c1-5-9-13-15-17-23-20-26-22(25-19-12-8-4)21(16-14-10-6-2)24-18-11-7-3/h5-20H2,1-4H3/b22-21-. The fourth-order valence-corrected chi connectivity index (χ4v) is 2.41. The Morgan fingerprint density at radius 1 is 0.538 bits per heavy atom. The van der Waals surface area contributed by atoms with Gasteiger partial charge in [0.15, 0.2) is 12.6 Å². The molecule has 0 aliphatic heterocycles. The van der Waals surface area contributed by atoms with E-state index in [1.807, 2.05) is 0 Å². The fraction of sp³-hybridized carbons (Fsp3) is 0.909. The lowest BCUT2D eigenvalue weighted by Gasteiger charge is -2.18. The molecule has 0 aliphatic carbocycles. The highest BCUT2D eigenvalue weighted by Crippen LogP contribution is 2.19. The highest BCUT2D eigenvalue weighted by atomic mass is 16.7. The number of ether oxygens (including phenoxy) is 4. The third-order valence-corrected chi connectivity index (χ3v) is 4.16. The molecule has 0 bridgehead atoms. The molecule has 0 saturated carbocycles.